The molecule has 0 aliphatic heterocycles. The van der Waals surface area contributed by atoms with E-state index in [-0.39, 0.29) is 17.9 Å². The van der Waals surface area contributed by atoms with Crippen LogP contribution in [0.1, 0.15) is 89.0 Å². The maximum Gasteiger partial charge on any atom is 0.408 e. The number of nitrogens with one attached hydrogen (secondary N) is 2. The van der Waals surface area contributed by atoms with Gasteiger partial charge in [0.1, 0.15) is 17.7 Å². The predicted molar refractivity (Wildman–Crippen MR) is 147 cm³/mol. The number of aryl methyl sites for hydroxylation is 2. The molecule has 1 aliphatic rings. The molecule has 1 aromatic rings. The van der Waals surface area contributed by atoms with Crippen molar-refractivity contribution in [2.45, 2.75) is 104 Å². The Balaban J connectivity index is 2.39. The number of hydrogen-bond donors (Lipinski definition) is 2. The van der Waals surface area contributed by atoms with Crippen molar-refractivity contribution in [3.05, 3.63) is 34.9 Å². The summed E-state index contributed by atoms with van der Waals surface area (Å²) in [4.78, 5) is 41.9. The number of thioether (sulfide) groups is 1. The Morgan fingerprint density at radius 2 is 1.69 bits per heavy atom. The minimum atomic E-state index is -0.789. The molecular formula is C28H45N3O4S. The van der Waals surface area contributed by atoms with E-state index in [9.17, 15) is 14.4 Å². The van der Waals surface area contributed by atoms with Gasteiger partial charge in [0.05, 0.1) is 0 Å². The fourth-order valence-corrected chi connectivity index (χ4v) is 5.25. The summed E-state index contributed by atoms with van der Waals surface area (Å²) >= 11 is 1.60. The van der Waals surface area contributed by atoms with Crippen molar-refractivity contribution in [1.29, 1.82) is 0 Å². The van der Waals surface area contributed by atoms with Crippen molar-refractivity contribution in [3.8, 4) is 0 Å². The highest BCUT2D eigenvalue weighted by Crippen LogP contribution is 2.27. The molecule has 0 bridgehead atoms. The maximum absolute atomic E-state index is 13.9. The highest BCUT2D eigenvalue weighted by molar-refractivity contribution is 7.98. The summed E-state index contributed by atoms with van der Waals surface area (Å²) in [6, 6.07) is 4.57. The fraction of sp³-hybridized carbons (Fsp3) is 0.679. The molecule has 2 rings (SSSR count). The molecule has 1 aliphatic carbocycles. The molecule has 2 atom stereocenters. The second-order valence-corrected chi connectivity index (χ2v) is 11.8. The number of benzene rings is 1. The van der Waals surface area contributed by atoms with Gasteiger partial charge in [0.2, 0.25) is 11.8 Å². The van der Waals surface area contributed by atoms with Gasteiger partial charge < -0.3 is 20.3 Å². The van der Waals surface area contributed by atoms with Crippen LogP contribution in [0.4, 0.5) is 4.79 Å². The van der Waals surface area contributed by atoms with E-state index in [1.807, 2.05) is 39.2 Å². The largest absolute Gasteiger partial charge is 0.444 e. The van der Waals surface area contributed by atoms with Gasteiger partial charge in [-0.05, 0) is 78.4 Å². The molecule has 8 heteroatoms. The highest BCUT2D eigenvalue weighted by Gasteiger charge is 2.36. The van der Waals surface area contributed by atoms with Crippen LogP contribution in [0.15, 0.2) is 18.2 Å². The first kappa shape index (κ1) is 30.0. The SMILES string of the molecule is CCN(C(=O)C(CCSC)NC(=O)OC(C)(C)C)C(C(=O)NC1CCCCC1)c1cc(C)cc(C)c1. The lowest BCUT2D eigenvalue weighted by Crippen LogP contribution is -2.54. The Hall–Kier alpha value is -2.22. The van der Waals surface area contributed by atoms with Crippen molar-refractivity contribution in [2.24, 2.45) is 0 Å². The lowest BCUT2D eigenvalue weighted by Gasteiger charge is -2.35. The van der Waals surface area contributed by atoms with Crippen LogP contribution in [-0.2, 0) is 14.3 Å². The molecular weight excluding hydrogens is 474 g/mol. The molecule has 7 nitrogen and oxygen atoms in total. The van der Waals surface area contributed by atoms with E-state index in [2.05, 4.69) is 16.7 Å². The minimum absolute atomic E-state index is 0.126. The smallest absolute Gasteiger partial charge is 0.408 e. The van der Waals surface area contributed by atoms with Crippen LogP contribution in [0.3, 0.4) is 0 Å². The number of nitrogens with zero attached hydrogens (tertiary/aromatic N) is 1. The molecule has 0 saturated heterocycles. The average molecular weight is 520 g/mol. The Labute approximate surface area is 221 Å². The number of hydrogen-bond acceptors (Lipinski definition) is 5. The topological polar surface area (TPSA) is 87.7 Å². The van der Waals surface area contributed by atoms with Crippen LogP contribution in [-0.4, -0.2) is 59.0 Å². The van der Waals surface area contributed by atoms with Crippen LogP contribution < -0.4 is 10.6 Å². The van der Waals surface area contributed by atoms with E-state index in [4.69, 9.17) is 4.74 Å². The zero-order valence-corrected chi connectivity index (χ0v) is 23.9. The molecule has 36 heavy (non-hydrogen) atoms. The molecule has 0 spiro atoms. The van der Waals surface area contributed by atoms with Crippen LogP contribution in [0.5, 0.6) is 0 Å². The molecule has 1 aromatic carbocycles. The quantitative estimate of drug-likeness (QED) is 0.439. The number of alkyl carbamates (subject to hydrolysis) is 1. The zero-order valence-electron chi connectivity index (χ0n) is 23.1. The van der Waals surface area contributed by atoms with Gasteiger partial charge >= 0.3 is 6.09 Å². The summed E-state index contributed by atoms with van der Waals surface area (Å²) in [6.07, 6.45) is 7.09. The van der Waals surface area contributed by atoms with Crippen LogP contribution >= 0.6 is 11.8 Å². The van der Waals surface area contributed by atoms with E-state index in [1.165, 1.54) is 6.42 Å². The van der Waals surface area contributed by atoms with Gasteiger partial charge in [-0.3, -0.25) is 9.59 Å². The Bertz CT molecular complexity index is 873. The van der Waals surface area contributed by atoms with Crippen molar-refractivity contribution < 1.29 is 19.1 Å². The number of likely N-dealkylation sites (N-methyl/N-ethyl adjacent to an activating group) is 1. The minimum Gasteiger partial charge on any atom is -0.444 e. The molecule has 1 saturated carbocycles. The third kappa shape index (κ3) is 9.34. The second-order valence-electron chi connectivity index (χ2n) is 10.8. The van der Waals surface area contributed by atoms with Crippen molar-refractivity contribution in [1.82, 2.24) is 15.5 Å². The second kappa shape index (κ2) is 13.9. The number of ether oxygens (including phenoxy) is 1. The molecule has 0 aromatic heterocycles. The number of rotatable bonds is 10. The molecule has 2 N–H and O–H groups in total. The van der Waals surface area contributed by atoms with E-state index in [0.29, 0.717) is 18.7 Å². The van der Waals surface area contributed by atoms with E-state index in [0.717, 1.165) is 42.4 Å². The molecule has 202 valence electrons. The van der Waals surface area contributed by atoms with Crippen molar-refractivity contribution >= 4 is 29.7 Å². The van der Waals surface area contributed by atoms with Gasteiger partial charge in [-0.15, -0.1) is 0 Å². The number of amides is 3. The van der Waals surface area contributed by atoms with Gasteiger partial charge in [-0.1, -0.05) is 48.6 Å². The van der Waals surface area contributed by atoms with Gasteiger partial charge in [-0.25, -0.2) is 4.79 Å². The first-order valence-corrected chi connectivity index (χ1v) is 14.5. The van der Waals surface area contributed by atoms with Gasteiger partial charge in [0.15, 0.2) is 0 Å². The monoisotopic (exact) mass is 519 g/mol. The molecule has 1 fully saturated rings. The Morgan fingerprint density at radius 3 is 2.22 bits per heavy atom. The summed E-state index contributed by atoms with van der Waals surface area (Å²) in [7, 11) is 0. The number of carbonyl (C=O) groups excluding carboxylic acids is 3. The zero-order chi connectivity index (χ0) is 26.9. The third-order valence-corrected chi connectivity index (χ3v) is 6.94. The molecule has 3 amide bonds. The normalized spacial score (nSPS) is 16.1. The van der Waals surface area contributed by atoms with E-state index < -0.39 is 23.8 Å². The van der Waals surface area contributed by atoms with Crippen molar-refractivity contribution in [2.75, 3.05) is 18.6 Å². The molecule has 0 radical (unpaired) electrons. The summed E-state index contributed by atoms with van der Waals surface area (Å²) < 4.78 is 5.43. The molecule has 2 unspecified atom stereocenters. The summed E-state index contributed by atoms with van der Waals surface area (Å²) in [5.41, 5.74) is 2.19. The Kier molecular flexibility index (Phi) is 11.6. The van der Waals surface area contributed by atoms with Crippen LogP contribution in [0, 0.1) is 13.8 Å². The summed E-state index contributed by atoms with van der Waals surface area (Å²) in [5.74, 6) is 0.245. The highest BCUT2D eigenvalue weighted by atomic mass is 32.2. The van der Waals surface area contributed by atoms with Crippen molar-refractivity contribution in [3.63, 3.8) is 0 Å². The average Bonchev–Trinajstić information content (AvgIpc) is 2.78. The van der Waals surface area contributed by atoms with Crippen LogP contribution in [0.25, 0.3) is 0 Å². The molecule has 0 heterocycles. The maximum atomic E-state index is 13.9. The number of carbonyl (C=O) groups is 3. The van der Waals surface area contributed by atoms with E-state index >= 15 is 0 Å². The first-order valence-electron chi connectivity index (χ1n) is 13.1. The third-order valence-electron chi connectivity index (χ3n) is 6.29. The van der Waals surface area contributed by atoms with Gasteiger partial charge in [0, 0.05) is 12.6 Å². The predicted octanol–water partition coefficient (Wildman–Crippen LogP) is 5.29. The van der Waals surface area contributed by atoms with Gasteiger partial charge in [-0.2, -0.15) is 11.8 Å². The Morgan fingerprint density at radius 1 is 1.08 bits per heavy atom. The van der Waals surface area contributed by atoms with Crippen LogP contribution in [0.2, 0.25) is 0 Å². The first-order chi connectivity index (χ1) is 16.9. The van der Waals surface area contributed by atoms with E-state index in [1.54, 1.807) is 37.4 Å². The summed E-state index contributed by atoms with van der Waals surface area (Å²) in [6.45, 7) is 11.6. The lowest BCUT2D eigenvalue weighted by atomic mass is 9.94. The fourth-order valence-electron chi connectivity index (χ4n) is 4.78. The standard InChI is InChI=1S/C28H45N3O4S/c1-8-31(26(33)23(14-15-36-7)30-27(34)35-28(4,5)6)24(21-17-19(2)16-20(3)18-21)25(32)29-22-12-10-9-11-13-22/h16-18,22-24H,8-15H2,1-7H3,(H,29,32)(H,30,34). The van der Waals surface area contributed by atoms with Gasteiger partial charge in [0.25, 0.3) is 0 Å². The lowest BCUT2D eigenvalue weighted by molar-refractivity contribution is -0.142. The summed E-state index contributed by atoms with van der Waals surface area (Å²) in [5, 5.41) is 6.01.